The molecule has 0 bridgehead atoms. The first-order valence-electron chi connectivity index (χ1n) is 5.41. The van der Waals surface area contributed by atoms with Crippen LogP contribution in [0, 0.1) is 0 Å². The first kappa shape index (κ1) is 12.4. The van der Waals surface area contributed by atoms with Crippen LogP contribution < -0.4 is 5.32 Å². The van der Waals surface area contributed by atoms with E-state index in [1.807, 2.05) is 12.1 Å². The van der Waals surface area contributed by atoms with Crippen LogP contribution in [0.15, 0.2) is 24.3 Å². The summed E-state index contributed by atoms with van der Waals surface area (Å²) in [6, 6.07) is 7.07. The van der Waals surface area contributed by atoms with E-state index in [9.17, 15) is 4.79 Å². The number of carbonyl (C=O) groups excluding carboxylic acids is 1. The fraction of sp³-hybridized carbons (Fsp3) is 0.417. The maximum Gasteiger partial charge on any atom is 0.407 e. The highest BCUT2D eigenvalue weighted by Gasteiger charge is 1.99. The molecule has 1 rings (SSSR count). The number of alkyl carbamates (subject to hydrolysis) is 1. The van der Waals surface area contributed by atoms with Crippen LogP contribution in [-0.2, 0) is 11.2 Å². The molecule has 0 saturated heterocycles. The summed E-state index contributed by atoms with van der Waals surface area (Å²) in [6.45, 7) is 2.76. The van der Waals surface area contributed by atoms with Crippen molar-refractivity contribution < 1.29 is 14.6 Å². The average molecular weight is 223 g/mol. The molecule has 0 atom stereocenters. The molecule has 1 aromatic rings. The third-order valence-electron chi connectivity index (χ3n) is 2.12. The van der Waals surface area contributed by atoms with Crippen molar-refractivity contribution in [3.05, 3.63) is 29.8 Å². The van der Waals surface area contributed by atoms with Gasteiger partial charge in [0.25, 0.3) is 0 Å². The van der Waals surface area contributed by atoms with Gasteiger partial charge < -0.3 is 15.2 Å². The van der Waals surface area contributed by atoms with Crippen LogP contribution in [0.25, 0.3) is 0 Å². The van der Waals surface area contributed by atoms with E-state index in [0.29, 0.717) is 13.2 Å². The van der Waals surface area contributed by atoms with Crippen molar-refractivity contribution in [1.29, 1.82) is 0 Å². The number of hydrogen-bond acceptors (Lipinski definition) is 3. The number of aromatic hydroxyl groups is 1. The molecule has 0 unspecified atom stereocenters. The Hall–Kier alpha value is -1.71. The van der Waals surface area contributed by atoms with Gasteiger partial charge in [-0.1, -0.05) is 12.1 Å². The van der Waals surface area contributed by atoms with Crippen molar-refractivity contribution in [1.82, 2.24) is 5.32 Å². The van der Waals surface area contributed by atoms with Crippen LogP contribution in [0.4, 0.5) is 4.79 Å². The van der Waals surface area contributed by atoms with Gasteiger partial charge in [0.05, 0.1) is 6.61 Å². The van der Waals surface area contributed by atoms with Crippen molar-refractivity contribution in [2.45, 2.75) is 19.8 Å². The Bertz CT molecular complexity index is 322. The van der Waals surface area contributed by atoms with Crippen LogP contribution in [0.3, 0.4) is 0 Å². The molecule has 0 aliphatic carbocycles. The van der Waals surface area contributed by atoms with Crippen molar-refractivity contribution in [2.24, 2.45) is 0 Å². The zero-order chi connectivity index (χ0) is 11.8. The minimum absolute atomic E-state index is 0.272. The standard InChI is InChI=1S/C12H17NO3/c1-2-16-12(15)13-9-3-4-10-5-7-11(14)8-6-10/h5-8,14H,2-4,9H2,1H3,(H,13,15). The molecule has 0 radical (unpaired) electrons. The quantitative estimate of drug-likeness (QED) is 0.751. The number of carbonyl (C=O) groups is 1. The zero-order valence-electron chi connectivity index (χ0n) is 9.40. The lowest BCUT2D eigenvalue weighted by molar-refractivity contribution is 0.152. The SMILES string of the molecule is CCOC(=O)NCCCc1ccc(O)cc1. The molecule has 0 aliphatic heterocycles. The van der Waals surface area contributed by atoms with Crippen molar-refractivity contribution in [2.75, 3.05) is 13.2 Å². The van der Waals surface area contributed by atoms with Crippen LogP contribution in [0.2, 0.25) is 0 Å². The highest BCUT2D eigenvalue weighted by atomic mass is 16.5. The molecule has 2 N–H and O–H groups in total. The lowest BCUT2D eigenvalue weighted by atomic mass is 10.1. The van der Waals surface area contributed by atoms with Crippen LogP contribution >= 0.6 is 0 Å². The normalized spacial score (nSPS) is 9.81. The topological polar surface area (TPSA) is 58.6 Å². The second kappa shape index (κ2) is 6.71. The lowest BCUT2D eigenvalue weighted by Gasteiger charge is -2.05. The lowest BCUT2D eigenvalue weighted by Crippen LogP contribution is -2.25. The predicted molar refractivity (Wildman–Crippen MR) is 61.5 cm³/mol. The van der Waals surface area contributed by atoms with Crippen LogP contribution in [0.1, 0.15) is 18.9 Å². The van der Waals surface area contributed by atoms with Gasteiger partial charge in [0.15, 0.2) is 0 Å². The largest absolute Gasteiger partial charge is 0.508 e. The van der Waals surface area contributed by atoms with Gasteiger partial charge in [0, 0.05) is 6.54 Å². The Morgan fingerprint density at radius 3 is 2.69 bits per heavy atom. The molecule has 16 heavy (non-hydrogen) atoms. The highest BCUT2D eigenvalue weighted by Crippen LogP contribution is 2.10. The summed E-state index contributed by atoms with van der Waals surface area (Å²) in [5, 5.41) is 11.7. The Morgan fingerprint density at radius 2 is 2.06 bits per heavy atom. The van der Waals surface area contributed by atoms with Gasteiger partial charge in [0.1, 0.15) is 5.75 Å². The minimum Gasteiger partial charge on any atom is -0.508 e. The molecule has 0 fully saturated rings. The summed E-state index contributed by atoms with van der Waals surface area (Å²) < 4.78 is 4.73. The van der Waals surface area contributed by atoms with E-state index in [1.165, 1.54) is 0 Å². The average Bonchev–Trinajstić information content (AvgIpc) is 2.27. The summed E-state index contributed by atoms with van der Waals surface area (Å²) in [7, 11) is 0. The van der Waals surface area contributed by atoms with Crippen LogP contribution in [-0.4, -0.2) is 24.4 Å². The number of hydrogen-bond donors (Lipinski definition) is 2. The Labute approximate surface area is 95.2 Å². The van der Waals surface area contributed by atoms with E-state index >= 15 is 0 Å². The number of aryl methyl sites for hydroxylation is 1. The zero-order valence-corrected chi connectivity index (χ0v) is 9.40. The number of rotatable bonds is 5. The van der Waals surface area contributed by atoms with Crippen molar-refractivity contribution >= 4 is 6.09 Å². The van der Waals surface area contributed by atoms with Gasteiger partial charge in [0.2, 0.25) is 0 Å². The maximum absolute atomic E-state index is 10.9. The van der Waals surface area contributed by atoms with Crippen LogP contribution in [0.5, 0.6) is 5.75 Å². The molecular formula is C12H17NO3. The summed E-state index contributed by atoms with van der Waals surface area (Å²) in [4.78, 5) is 10.9. The van der Waals surface area contributed by atoms with Gasteiger partial charge in [-0.3, -0.25) is 0 Å². The molecule has 4 heteroatoms. The molecule has 0 aromatic heterocycles. The summed E-state index contributed by atoms with van der Waals surface area (Å²) in [5.41, 5.74) is 1.14. The molecule has 4 nitrogen and oxygen atoms in total. The van der Waals surface area contributed by atoms with E-state index in [0.717, 1.165) is 18.4 Å². The molecule has 88 valence electrons. The van der Waals surface area contributed by atoms with E-state index in [4.69, 9.17) is 9.84 Å². The Kier molecular flexibility index (Phi) is 5.19. The Balaban J connectivity index is 2.16. The molecule has 1 amide bonds. The molecule has 0 aliphatic rings. The number of ether oxygens (including phenoxy) is 1. The smallest absolute Gasteiger partial charge is 0.407 e. The number of amides is 1. The number of phenolic OH excluding ortho intramolecular Hbond substituents is 1. The van der Waals surface area contributed by atoms with E-state index in [2.05, 4.69) is 5.32 Å². The first-order valence-corrected chi connectivity index (χ1v) is 5.41. The maximum atomic E-state index is 10.9. The van der Waals surface area contributed by atoms with Gasteiger partial charge in [-0.2, -0.15) is 0 Å². The number of phenols is 1. The Morgan fingerprint density at radius 1 is 1.38 bits per heavy atom. The van der Waals surface area contributed by atoms with E-state index < -0.39 is 0 Å². The van der Waals surface area contributed by atoms with E-state index in [-0.39, 0.29) is 11.8 Å². The fourth-order valence-corrected chi connectivity index (χ4v) is 1.33. The molecular weight excluding hydrogens is 206 g/mol. The monoisotopic (exact) mass is 223 g/mol. The second-order valence-corrected chi connectivity index (χ2v) is 3.42. The van der Waals surface area contributed by atoms with Crippen molar-refractivity contribution in [3.8, 4) is 5.75 Å². The third kappa shape index (κ3) is 4.68. The minimum atomic E-state index is -0.367. The molecule has 1 aromatic carbocycles. The number of benzene rings is 1. The summed E-state index contributed by atoms with van der Waals surface area (Å²) in [5.74, 6) is 0.272. The number of nitrogens with one attached hydrogen (secondary N) is 1. The molecule has 0 saturated carbocycles. The second-order valence-electron chi connectivity index (χ2n) is 3.42. The van der Waals surface area contributed by atoms with Gasteiger partial charge >= 0.3 is 6.09 Å². The van der Waals surface area contributed by atoms with Crippen molar-refractivity contribution in [3.63, 3.8) is 0 Å². The summed E-state index contributed by atoms with van der Waals surface area (Å²) >= 11 is 0. The highest BCUT2D eigenvalue weighted by molar-refractivity contribution is 5.66. The van der Waals surface area contributed by atoms with Gasteiger partial charge in [-0.15, -0.1) is 0 Å². The summed E-state index contributed by atoms with van der Waals surface area (Å²) in [6.07, 6.45) is 1.35. The first-order chi connectivity index (χ1) is 7.72. The third-order valence-corrected chi connectivity index (χ3v) is 2.12. The predicted octanol–water partition coefficient (Wildman–Crippen LogP) is 2.07. The van der Waals surface area contributed by atoms with Gasteiger partial charge in [-0.05, 0) is 37.5 Å². The molecule has 0 spiro atoms. The van der Waals surface area contributed by atoms with E-state index in [1.54, 1.807) is 19.1 Å². The molecule has 0 heterocycles. The fourth-order valence-electron chi connectivity index (χ4n) is 1.33. The van der Waals surface area contributed by atoms with Gasteiger partial charge in [-0.25, -0.2) is 4.79 Å².